The number of rotatable bonds is 4. The first kappa shape index (κ1) is 10.4. The lowest BCUT2D eigenvalue weighted by Gasteiger charge is -2.17. The second-order valence-electron chi connectivity index (χ2n) is 3.75. The summed E-state index contributed by atoms with van der Waals surface area (Å²) in [6, 6.07) is 0.186. The van der Waals surface area contributed by atoms with E-state index in [0.717, 1.165) is 0 Å². The summed E-state index contributed by atoms with van der Waals surface area (Å²) in [7, 11) is 0. The standard InChI is InChI=1S/C9H13ClN4O/c10-8-7(4-12-14-9(8)15)13-6(3-11)5-1-2-5/h4-6H,1-3,11H2,(H2,13,14,15). The van der Waals surface area contributed by atoms with Gasteiger partial charge >= 0.3 is 0 Å². The Morgan fingerprint density at radius 1 is 1.73 bits per heavy atom. The van der Waals surface area contributed by atoms with E-state index in [2.05, 4.69) is 15.5 Å². The van der Waals surface area contributed by atoms with Gasteiger partial charge in [-0.05, 0) is 18.8 Å². The van der Waals surface area contributed by atoms with Crippen LogP contribution in [0.1, 0.15) is 12.8 Å². The van der Waals surface area contributed by atoms with Gasteiger partial charge in [-0.2, -0.15) is 5.10 Å². The number of H-pyrrole nitrogens is 1. The number of nitrogens with two attached hydrogens (primary N) is 1. The summed E-state index contributed by atoms with van der Waals surface area (Å²) >= 11 is 5.83. The molecular formula is C9H13ClN4O. The van der Waals surface area contributed by atoms with Crippen molar-refractivity contribution in [2.75, 3.05) is 11.9 Å². The minimum Gasteiger partial charge on any atom is -0.378 e. The summed E-state index contributed by atoms with van der Waals surface area (Å²) in [5, 5.41) is 9.26. The number of hydrogen-bond donors (Lipinski definition) is 3. The van der Waals surface area contributed by atoms with Crippen LogP contribution < -0.4 is 16.6 Å². The topological polar surface area (TPSA) is 83.8 Å². The Morgan fingerprint density at radius 2 is 2.47 bits per heavy atom. The van der Waals surface area contributed by atoms with Crippen molar-refractivity contribution in [3.63, 3.8) is 0 Å². The molecule has 1 aromatic rings. The Hall–Kier alpha value is -1.07. The number of anilines is 1. The summed E-state index contributed by atoms with van der Waals surface area (Å²) < 4.78 is 0. The van der Waals surface area contributed by atoms with E-state index in [9.17, 15) is 4.79 Å². The minimum absolute atomic E-state index is 0.143. The van der Waals surface area contributed by atoms with E-state index in [1.807, 2.05) is 0 Å². The predicted molar refractivity (Wildman–Crippen MR) is 59.1 cm³/mol. The second kappa shape index (κ2) is 4.20. The Bertz CT molecular complexity index is 401. The van der Waals surface area contributed by atoms with Crippen LogP contribution in [0.5, 0.6) is 0 Å². The number of aromatic nitrogens is 2. The zero-order valence-corrected chi connectivity index (χ0v) is 8.92. The van der Waals surface area contributed by atoms with E-state index in [1.165, 1.54) is 19.0 Å². The molecule has 5 nitrogen and oxygen atoms in total. The number of nitrogens with zero attached hydrogens (tertiary/aromatic N) is 1. The van der Waals surface area contributed by atoms with Gasteiger partial charge in [0.15, 0.2) is 0 Å². The fraction of sp³-hybridized carbons (Fsp3) is 0.556. The maximum absolute atomic E-state index is 11.2. The molecule has 0 spiro atoms. The van der Waals surface area contributed by atoms with Crippen molar-refractivity contribution in [2.24, 2.45) is 11.7 Å². The van der Waals surface area contributed by atoms with Crippen molar-refractivity contribution in [1.82, 2.24) is 10.2 Å². The number of nitrogens with one attached hydrogen (secondary N) is 2. The second-order valence-corrected chi connectivity index (χ2v) is 4.13. The van der Waals surface area contributed by atoms with Crippen LogP contribution in [-0.2, 0) is 0 Å². The van der Waals surface area contributed by atoms with Crippen molar-refractivity contribution >= 4 is 17.3 Å². The Balaban J connectivity index is 2.15. The van der Waals surface area contributed by atoms with Crippen LogP contribution in [0.4, 0.5) is 5.69 Å². The fourth-order valence-corrected chi connectivity index (χ4v) is 1.70. The molecule has 1 aliphatic carbocycles. The molecule has 1 heterocycles. The Morgan fingerprint density at radius 3 is 3.07 bits per heavy atom. The first-order valence-electron chi connectivity index (χ1n) is 4.92. The molecular weight excluding hydrogens is 216 g/mol. The van der Waals surface area contributed by atoms with Gasteiger partial charge in [0.25, 0.3) is 5.56 Å². The van der Waals surface area contributed by atoms with Crippen LogP contribution in [0.2, 0.25) is 5.02 Å². The molecule has 82 valence electrons. The first-order valence-corrected chi connectivity index (χ1v) is 5.30. The van der Waals surface area contributed by atoms with E-state index in [-0.39, 0.29) is 16.6 Å². The molecule has 1 saturated carbocycles. The summed E-state index contributed by atoms with van der Waals surface area (Å²) in [4.78, 5) is 11.2. The van der Waals surface area contributed by atoms with Crippen LogP contribution in [0.25, 0.3) is 0 Å². The van der Waals surface area contributed by atoms with Crippen LogP contribution in [-0.4, -0.2) is 22.8 Å². The third-order valence-corrected chi connectivity index (χ3v) is 2.96. The van der Waals surface area contributed by atoms with E-state index < -0.39 is 0 Å². The van der Waals surface area contributed by atoms with Crippen LogP contribution >= 0.6 is 11.6 Å². The molecule has 1 aliphatic rings. The maximum atomic E-state index is 11.2. The first-order chi connectivity index (χ1) is 7.22. The van der Waals surface area contributed by atoms with Gasteiger partial charge in [0.2, 0.25) is 0 Å². The van der Waals surface area contributed by atoms with Gasteiger partial charge in [-0.25, -0.2) is 5.10 Å². The lowest BCUT2D eigenvalue weighted by atomic mass is 10.2. The summed E-state index contributed by atoms with van der Waals surface area (Å²) in [6.07, 6.45) is 3.88. The molecule has 6 heteroatoms. The molecule has 0 bridgehead atoms. The molecule has 1 unspecified atom stereocenters. The van der Waals surface area contributed by atoms with E-state index in [4.69, 9.17) is 17.3 Å². The van der Waals surface area contributed by atoms with Crippen molar-refractivity contribution in [3.05, 3.63) is 21.6 Å². The molecule has 1 fully saturated rings. The quantitative estimate of drug-likeness (QED) is 0.704. The highest BCUT2D eigenvalue weighted by atomic mass is 35.5. The zero-order valence-electron chi connectivity index (χ0n) is 8.16. The summed E-state index contributed by atoms with van der Waals surface area (Å²) in [5.74, 6) is 0.602. The SMILES string of the molecule is NCC(Nc1cn[nH]c(=O)c1Cl)C1CC1. The predicted octanol–water partition coefficient (Wildman–Crippen LogP) is 0.572. The Kier molecular flexibility index (Phi) is 2.93. The highest BCUT2D eigenvalue weighted by Gasteiger charge is 2.30. The normalized spacial score (nSPS) is 17.5. The van der Waals surface area contributed by atoms with Gasteiger partial charge in [0.1, 0.15) is 5.02 Å². The van der Waals surface area contributed by atoms with Gasteiger partial charge in [-0.15, -0.1) is 0 Å². The molecule has 15 heavy (non-hydrogen) atoms. The maximum Gasteiger partial charge on any atom is 0.285 e. The molecule has 2 rings (SSSR count). The Labute approximate surface area is 92.0 Å². The minimum atomic E-state index is -0.381. The third-order valence-electron chi connectivity index (χ3n) is 2.58. The van der Waals surface area contributed by atoms with Crippen molar-refractivity contribution < 1.29 is 0 Å². The largest absolute Gasteiger partial charge is 0.378 e. The molecule has 0 radical (unpaired) electrons. The molecule has 0 aliphatic heterocycles. The average molecular weight is 229 g/mol. The number of halogens is 1. The van der Waals surface area contributed by atoms with E-state index in [1.54, 1.807) is 0 Å². The monoisotopic (exact) mass is 228 g/mol. The van der Waals surface area contributed by atoms with Gasteiger partial charge in [0.05, 0.1) is 11.9 Å². The van der Waals surface area contributed by atoms with Gasteiger partial charge in [0, 0.05) is 12.6 Å². The fourth-order valence-electron chi connectivity index (χ4n) is 1.55. The van der Waals surface area contributed by atoms with Crippen LogP contribution in [0.3, 0.4) is 0 Å². The van der Waals surface area contributed by atoms with Crippen LogP contribution in [0, 0.1) is 5.92 Å². The van der Waals surface area contributed by atoms with Gasteiger partial charge in [-0.1, -0.05) is 11.6 Å². The van der Waals surface area contributed by atoms with Gasteiger partial charge < -0.3 is 11.1 Å². The van der Waals surface area contributed by atoms with Crippen LogP contribution in [0.15, 0.2) is 11.0 Å². The third kappa shape index (κ3) is 2.30. The van der Waals surface area contributed by atoms with Crippen molar-refractivity contribution in [2.45, 2.75) is 18.9 Å². The summed E-state index contributed by atoms with van der Waals surface area (Å²) in [5.41, 5.74) is 5.81. The highest BCUT2D eigenvalue weighted by molar-refractivity contribution is 6.32. The number of aromatic amines is 1. The zero-order chi connectivity index (χ0) is 10.8. The molecule has 0 saturated heterocycles. The number of hydrogen-bond acceptors (Lipinski definition) is 4. The van der Waals surface area contributed by atoms with Crippen molar-refractivity contribution in [3.8, 4) is 0 Å². The lowest BCUT2D eigenvalue weighted by Crippen LogP contribution is -2.31. The molecule has 0 aromatic carbocycles. The smallest absolute Gasteiger partial charge is 0.285 e. The summed E-state index contributed by atoms with van der Waals surface area (Å²) in [6.45, 7) is 0.536. The average Bonchev–Trinajstić information content (AvgIpc) is 3.04. The van der Waals surface area contributed by atoms with E-state index in [0.29, 0.717) is 18.2 Å². The van der Waals surface area contributed by atoms with E-state index >= 15 is 0 Å². The molecule has 1 atom stereocenters. The van der Waals surface area contributed by atoms with Gasteiger partial charge in [-0.3, -0.25) is 4.79 Å². The lowest BCUT2D eigenvalue weighted by molar-refractivity contribution is 0.644. The molecule has 0 amide bonds. The highest BCUT2D eigenvalue weighted by Crippen LogP contribution is 2.34. The van der Waals surface area contributed by atoms with Crippen molar-refractivity contribution in [1.29, 1.82) is 0 Å². The molecule has 4 N–H and O–H groups in total. The molecule has 1 aromatic heterocycles.